The lowest BCUT2D eigenvalue weighted by Gasteiger charge is -2.24. The van der Waals surface area contributed by atoms with Crippen molar-refractivity contribution in [3.05, 3.63) is 21.4 Å². The van der Waals surface area contributed by atoms with Gasteiger partial charge in [0.15, 0.2) is 0 Å². The average Bonchev–Trinajstić information content (AvgIpc) is 2.70. The zero-order chi connectivity index (χ0) is 13.9. The van der Waals surface area contributed by atoms with Gasteiger partial charge >= 0.3 is 5.97 Å². The average molecular weight is 269 g/mol. The third-order valence-corrected chi connectivity index (χ3v) is 4.51. The summed E-state index contributed by atoms with van der Waals surface area (Å²) in [6, 6.07) is 1.82. The Kier molecular flexibility index (Phi) is 4.51. The fourth-order valence-electron chi connectivity index (χ4n) is 1.59. The number of aryl methyl sites for hydroxylation is 2. The summed E-state index contributed by atoms with van der Waals surface area (Å²) in [6.45, 7) is 7.26. The summed E-state index contributed by atoms with van der Waals surface area (Å²) in [5.41, 5.74) is -0.123. The Balaban J connectivity index is 2.91. The van der Waals surface area contributed by atoms with E-state index in [1.165, 1.54) is 18.3 Å². The highest BCUT2D eigenvalue weighted by atomic mass is 32.1. The van der Waals surface area contributed by atoms with Gasteiger partial charge in [-0.2, -0.15) is 0 Å². The molecule has 5 heteroatoms. The summed E-state index contributed by atoms with van der Waals surface area (Å²) in [6.07, 6.45) is 1.23. The van der Waals surface area contributed by atoms with Gasteiger partial charge in [0.25, 0.3) is 5.91 Å². The van der Waals surface area contributed by atoms with E-state index < -0.39 is 11.5 Å². The highest BCUT2D eigenvalue weighted by Gasteiger charge is 2.33. The van der Waals surface area contributed by atoms with Crippen LogP contribution in [0.4, 0.5) is 0 Å². The highest BCUT2D eigenvalue weighted by molar-refractivity contribution is 7.14. The van der Waals surface area contributed by atoms with Crippen molar-refractivity contribution in [3.63, 3.8) is 0 Å². The van der Waals surface area contributed by atoms with Crippen LogP contribution in [0.3, 0.4) is 0 Å². The molecule has 1 amide bonds. The second kappa shape index (κ2) is 5.52. The highest BCUT2D eigenvalue weighted by Crippen LogP contribution is 2.23. The Morgan fingerprint density at radius 3 is 2.44 bits per heavy atom. The van der Waals surface area contributed by atoms with Crippen molar-refractivity contribution < 1.29 is 14.7 Å². The van der Waals surface area contributed by atoms with Crippen LogP contribution in [0.1, 0.15) is 47.3 Å². The molecule has 0 aliphatic rings. The molecule has 1 heterocycles. The summed E-state index contributed by atoms with van der Waals surface area (Å²) in [7, 11) is 0. The maximum Gasteiger partial charge on any atom is 0.329 e. The molecule has 4 nitrogen and oxygen atoms in total. The van der Waals surface area contributed by atoms with E-state index in [0.717, 1.165) is 16.9 Å². The largest absolute Gasteiger partial charge is 0.480 e. The van der Waals surface area contributed by atoms with Gasteiger partial charge in [0.1, 0.15) is 5.54 Å². The molecule has 0 aromatic carbocycles. The zero-order valence-corrected chi connectivity index (χ0v) is 12.0. The standard InChI is InChI=1S/C13H19NO3S/c1-5-9-8(3)7-10(18-9)11(15)14-13(4,6-2)12(16)17/h7H,5-6H2,1-4H3,(H,14,15)(H,16,17). The van der Waals surface area contributed by atoms with Crippen LogP contribution in [0.5, 0.6) is 0 Å². The van der Waals surface area contributed by atoms with E-state index in [0.29, 0.717) is 11.3 Å². The molecule has 0 fully saturated rings. The molecule has 2 N–H and O–H groups in total. The van der Waals surface area contributed by atoms with Crippen molar-refractivity contribution >= 4 is 23.2 Å². The quantitative estimate of drug-likeness (QED) is 0.863. The van der Waals surface area contributed by atoms with E-state index in [1.54, 1.807) is 6.92 Å². The third kappa shape index (κ3) is 2.90. The second-order valence-corrected chi connectivity index (χ2v) is 5.65. The number of carbonyl (C=O) groups excluding carboxylic acids is 1. The molecular formula is C13H19NO3S. The van der Waals surface area contributed by atoms with Crippen molar-refractivity contribution in [3.8, 4) is 0 Å². The predicted octanol–water partition coefficient (Wildman–Crippen LogP) is 2.60. The van der Waals surface area contributed by atoms with Crippen molar-refractivity contribution in [2.45, 2.75) is 46.1 Å². The molecule has 0 radical (unpaired) electrons. The monoisotopic (exact) mass is 269 g/mol. The maximum absolute atomic E-state index is 12.0. The van der Waals surface area contributed by atoms with Crippen molar-refractivity contribution in [2.75, 3.05) is 0 Å². The molecule has 0 saturated heterocycles. The number of thiophene rings is 1. The minimum absolute atomic E-state index is 0.311. The smallest absolute Gasteiger partial charge is 0.329 e. The molecule has 1 aromatic rings. The van der Waals surface area contributed by atoms with E-state index in [2.05, 4.69) is 5.32 Å². The van der Waals surface area contributed by atoms with Crippen molar-refractivity contribution in [1.29, 1.82) is 0 Å². The number of rotatable bonds is 5. The number of aliphatic carboxylic acids is 1. The fourth-order valence-corrected chi connectivity index (χ4v) is 2.60. The molecular weight excluding hydrogens is 250 g/mol. The Morgan fingerprint density at radius 1 is 1.44 bits per heavy atom. The van der Waals surface area contributed by atoms with Gasteiger partial charge in [-0.05, 0) is 38.3 Å². The van der Waals surface area contributed by atoms with Gasteiger partial charge in [-0.25, -0.2) is 4.79 Å². The molecule has 0 bridgehead atoms. The molecule has 100 valence electrons. The lowest BCUT2D eigenvalue weighted by Crippen LogP contribution is -2.51. The van der Waals surface area contributed by atoms with Crippen LogP contribution in [-0.2, 0) is 11.2 Å². The van der Waals surface area contributed by atoms with Gasteiger partial charge in [-0.15, -0.1) is 11.3 Å². The van der Waals surface area contributed by atoms with Crippen molar-refractivity contribution in [1.82, 2.24) is 5.32 Å². The molecule has 1 rings (SSSR count). The number of carbonyl (C=O) groups is 2. The molecule has 0 spiro atoms. The van der Waals surface area contributed by atoms with Gasteiger partial charge < -0.3 is 10.4 Å². The Morgan fingerprint density at radius 2 is 2.06 bits per heavy atom. The van der Waals surface area contributed by atoms with Crippen LogP contribution in [0.15, 0.2) is 6.07 Å². The molecule has 1 unspecified atom stereocenters. The van der Waals surface area contributed by atoms with Gasteiger partial charge in [-0.1, -0.05) is 13.8 Å². The van der Waals surface area contributed by atoms with Crippen LogP contribution in [0, 0.1) is 6.92 Å². The lowest BCUT2D eigenvalue weighted by molar-refractivity contribution is -0.143. The first kappa shape index (κ1) is 14.7. The first-order chi connectivity index (χ1) is 8.34. The maximum atomic E-state index is 12.0. The fraction of sp³-hybridized carbons (Fsp3) is 0.538. The van der Waals surface area contributed by atoms with E-state index >= 15 is 0 Å². The van der Waals surface area contributed by atoms with Crippen LogP contribution in [0.25, 0.3) is 0 Å². The van der Waals surface area contributed by atoms with Crippen LogP contribution >= 0.6 is 11.3 Å². The number of hydrogen-bond acceptors (Lipinski definition) is 3. The van der Waals surface area contributed by atoms with Gasteiger partial charge in [0.2, 0.25) is 0 Å². The molecule has 1 aromatic heterocycles. The number of amides is 1. The molecule has 1 atom stereocenters. The minimum Gasteiger partial charge on any atom is -0.480 e. The van der Waals surface area contributed by atoms with Crippen LogP contribution < -0.4 is 5.32 Å². The lowest BCUT2D eigenvalue weighted by atomic mass is 9.99. The Hall–Kier alpha value is -1.36. The van der Waals surface area contributed by atoms with Gasteiger partial charge in [-0.3, -0.25) is 4.79 Å². The molecule has 0 aliphatic heterocycles. The first-order valence-corrected chi connectivity index (χ1v) is 6.81. The van der Waals surface area contributed by atoms with Crippen molar-refractivity contribution in [2.24, 2.45) is 0 Å². The third-order valence-electron chi connectivity index (χ3n) is 3.13. The second-order valence-electron chi connectivity index (χ2n) is 4.52. The van der Waals surface area contributed by atoms with Crippen LogP contribution in [-0.4, -0.2) is 22.5 Å². The molecule has 0 saturated carbocycles. The number of carboxylic acid groups (broad SMARTS) is 1. The molecule has 18 heavy (non-hydrogen) atoms. The van der Waals surface area contributed by atoms with E-state index in [9.17, 15) is 9.59 Å². The van der Waals surface area contributed by atoms with E-state index in [-0.39, 0.29) is 5.91 Å². The summed E-state index contributed by atoms with van der Waals surface area (Å²) >= 11 is 1.43. The molecule has 0 aliphatic carbocycles. The summed E-state index contributed by atoms with van der Waals surface area (Å²) in [5, 5.41) is 11.7. The topological polar surface area (TPSA) is 66.4 Å². The van der Waals surface area contributed by atoms with Gasteiger partial charge in [0.05, 0.1) is 4.88 Å². The minimum atomic E-state index is -1.21. The number of hydrogen-bond donors (Lipinski definition) is 2. The summed E-state index contributed by atoms with van der Waals surface area (Å²) in [5.74, 6) is -1.32. The van der Waals surface area contributed by atoms with E-state index in [4.69, 9.17) is 5.11 Å². The number of nitrogens with one attached hydrogen (secondary N) is 1. The zero-order valence-electron chi connectivity index (χ0n) is 11.2. The normalized spacial score (nSPS) is 14.0. The first-order valence-electron chi connectivity index (χ1n) is 5.99. The number of carboxylic acids is 1. The predicted molar refractivity (Wildman–Crippen MR) is 72.2 cm³/mol. The Labute approximate surface area is 111 Å². The van der Waals surface area contributed by atoms with Gasteiger partial charge in [0, 0.05) is 4.88 Å². The van der Waals surface area contributed by atoms with Crippen LogP contribution in [0.2, 0.25) is 0 Å². The summed E-state index contributed by atoms with van der Waals surface area (Å²) < 4.78 is 0. The Bertz CT molecular complexity index is 467. The summed E-state index contributed by atoms with van der Waals surface area (Å²) in [4.78, 5) is 24.9. The van der Waals surface area contributed by atoms with E-state index in [1.807, 2.05) is 19.9 Å². The SMILES string of the molecule is CCc1sc(C(=O)NC(C)(CC)C(=O)O)cc1C.